The highest BCUT2D eigenvalue weighted by Gasteiger charge is 2.30. The third kappa shape index (κ3) is 3.96. The summed E-state index contributed by atoms with van der Waals surface area (Å²) in [6.07, 6.45) is 3.01. The standard InChI is InChI=1S/C15H22N2O2/c1-17(2)14-10-6-9-13(14)16-15(18)19-11-12-7-4-3-5-8-12/h3-5,7-8,13-14H,6,9-11H2,1-2H3,(H,16,18). The maximum absolute atomic E-state index is 11.8. The number of carbonyl (C=O) groups excluding carboxylic acids is 1. The molecule has 2 atom stereocenters. The van der Waals surface area contributed by atoms with Crippen molar-refractivity contribution in [1.29, 1.82) is 0 Å². The van der Waals surface area contributed by atoms with Crippen LogP contribution < -0.4 is 5.32 Å². The van der Waals surface area contributed by atoms with Crippen molar-refractivity contribution < 1.29 is 9.53 Å². The summed E-state index contributed by atoms with van der Waals surface area (Å²) >= 11 is 0. The topological polar surface area (TPSA) is 41.6 Å². The zero-order valence-electron chi connectivity index (χ0n) is 11.6. The Bertz CT molecular complexity index is 406. The Morgan fingerprint density at radius 3 is 2.74 bits per heavy atom. The van der Waals surface area contributed by atoms with Crippen molar-refractivity contribution in [1.82, 2.24) is 10.2 Å². The number of carbonyl (C=O) groups is 1. The number of alkyl carbamates (subject to hydrolysis) is 1. The van der Waals surface area contributed by atoms with Gasteiger partial charge in [0.2, 0.25) is 0 Å². The van der Waals surface area contributed by atoms with Crippen LogP contribution >= 0.6 is 0 Å². The average Bonchev–Trinajstić information content (AvgIpc) is 2.86. The second-order valence-electron chi connectivity index (χ2n) is 5.27. The number of hydrogen-bond donors (Lipinski definition) is 1. The minimum absolute atomic E-state index is 0.207. The summed E-state index contributed by atoms with van der Waals surface area (Å²) in [6.45, 7) is 0.325. The van der Waals surface area contributed by atoms with E-state index >= 15 is 0 Å². The van der Waals surface area contributed by atoms with Crippen LogP contribution in [0.2, 0.25) is 0 Å². The van der Waals surface area contributed by atoms with Gasteiger partial charge in [0.05, 0.1) is 0 Å². The molecule has 1 aromatic rings. The van der Waals surface area contributed by atoms with E-state index < -0.39 is 0 Å². The zero-order chi connectivity index (χ0) is 13.7. The van der Waals surface area contributed by atoms with Crippen LogP contribution in [0.1, 0.15) is 24.8 Å². The minimum atomic E-state index is -0.317. The first-order valence-electron chi connectivity index (χ1n) is 6.80. The highest BCUT2D eigenvalue weighted by atomic mass is 16.5. The number of hydrogen-bond acceptors (Lipinski definition) is 3. The van der Waals surface area contributed by atoms with E-state index in [-0.39, 0.29) is 12.1 Å². The normalized spacial score (nSPS) is 22.5. The molecule has 0 aromatic heterocycles. The van der Waals surface area contributed by atoms with Gasteiger partial charge in [0.25, 0.3) is 0 Å². The lowest BCUT2D eigenvalue weighted by atomic mass is 10.1. The Labute approximate surface area is 114 Å². The molecule has 1 aliphatic carbocycles. The molecule has 2 unspecified atom stereocenters. The van der Waals surface area contributed by atoms with Crippen LogP contribution in [0.4, 0.5) is 4.79 Å². The summed E-state index contributed by atoms with van der Waals surface area (Å²) in [5.74, 6) is 0. The van der Waals surface area contributed by atoms with Crippen LogP contribution in [0.3, 0.4) is 0 Å². The molecule has 0 heterocycles. The quantitative estimate of drug-likeness (QED) is 0.906. The monoisotopic (exact) mass is 262 g/mol. The molecule has 1 saturated carbocycles. The summed E-state index contributed by atoms with van der Waals surface area (Å²) in [6, 6.07) is 10.4. The minimum Gasteiger partial charge on any atom is -0.445 e. The van der Waals surface area contributed by atoms with Gasteiger partial charge in [-0.3, -0.25) is 0 Å². The van der Waals surface area contributed by atoms with Gasteiger partial charge < -0.3 is 15.0 Å². The molecule has 0 saturated heterocycles. The summed E-state index contributed by atoms with van der Waals surface area (Å²) in [5.41, 5.74) is 1.01. The molecule has 1 N–H and O–H groups in total. The predicted molar refractivity (Wildman–Crippen MR) is 74.9 cm³/mol. The van der Waals surface area contributed by atoms with Gasteiger partial charge in [-0.25, -0.2) is 4.79 Å². The Kier molecular flexibility index (Phi) is 4.80. The molecule has 4 heteroatoms. The lowest BCUT2D eigenvalue weighted by Crippen LogP contribution is -2.46. The number of benzene rings is 1. The second kappa shape index (κ2) is 6.57. The zero-order valence-corrected chi connectivity index (χ0v) is 11.6. The van der Waals surface area contributed by atoms with Crippen molar-refractivity contribution in [2.45, 2.75) is 38.0 Å². The van der Waals surface area contributed by atoms with Crippen molar-refractivity contribution in [3.63, 3.8) is 0 Å². The second-order valence-corrected chi connectivity index (χ2v) is 5.27. The maximum Gasteiger partial charge on any atom is 0.407 e. The van der Waals surface area contributed by atoms with Gasteiger partial charge in [0.15, 0.2) is 0 Å². The van der Waals surface area contributed by atoms with E-state index in [1.54, 1.807) is 0 Å². The van der Waals surface area contributed by atoms with Crippen LogP contribution in [-0.2, 0) is 11.3 Å². The van der Waals surface area contributed by atoms with Crippen LogP contribution in [0, 0.1) is 0 Å². The SMILES string of the molecule is CN(C)C1CCCC1NC(=O)OCc1ccccc1. The van der Waals surface area contributed by atoms with E-state index in [0.717, 1.165) is 24.8 Å². The highest BCUT2D eigenvalue weighted by Crippen LogP contribution is 2.22. The third-order valence-corrected chi connectivity index (χ3v) is 3.66. The first-order chi connectivity index (χ1) is 9.16. The predicted octanol–water partition coefficient (Wildman–Crippen LogP) is 2.40. The lowest BCUT2D eigenvalue weighted by molar-refractivity contribution is 0.130. The van der Waals surface area contributed by atoms with Crippen molar-refractivity contribution in [2.75, 3.05) is 14.1 Å². The molecule has 0 aliphatic heterocycles. The molecule has 0 bridgehead atoms. The van der Waals surface area contributed by atoms with Gasteiger partial charge in [-0.05, 0) is 38.9 Å². The van der Waals surface area contributed by atoms with E-state index in [4.69, 9.17) is 4.74 Å². The molecule has 1 aliphatic rings. The number of amides is 1. The Morgan fingerprint density at radius 2 is 2.05 bits per heavy atom. The molecule has 1 amide bonds. The maximum atomic E-state index is 11.8. The van der Waals surface area contributed by atoms with Crippen LogP contribution in [0.25, 0.3) is 0 Å². The van der Waals surface area contributed by atoms with Crippen molar-refractivity contribution >= 4 is 6.09 Å². The Morgan fingerprint density at radius 1 is 1.32 bits per heavy atom. The van der Waals surface area contributed by atoms with Crippen molar-refractivity contribution in [2.24, 2.45) is 0 Å². The van der Waals surface area contributed by atoms with Crippen LogP contribution in [0.15, 0.2) is 30.3 Å². The van der Waals surface area contributed by atoms with Gasteiger partial charge in [-0.2, -0.15) is 0 Å². The molecule has 19 heavy (non-hydrogen) atoms. The molecule has 0 radical (unpaired) electrons. The summed E-state index contributed by atoms with van der Waals surface area (Å²) in [7, 11) is 4.11. The summed E-state index contributed by atoms with van der Waals surface area (Å²) in [5, 5.41) is 2.98. The van der Waals surface area contributed by atoms with Crippen molar-refractivity contribution in [3.05, 3.63) is 35.9 Å². The molecule has 1 fully saturated rings. The first-order valence-corrected chi connectivity index (χ1v) is 6.80. The molecule has 2 rings (SSSR count). The summed E-state index contributed by atoms with van der Waals surface area (Å²) < 4.78 is 5.25. The average molecular weight is 262 g/mol. The van der Waals surface area contributed by atoms with E-state index in [1.165, 1.54) is 0 Å². The molecule has 0 spiro atoms. The molecule has 104 valence electrons. The van der Waals surface area contributed by atoms with Crippen LogP contribution in [-0.4, -0.2) is 37.2 Å². The van der Waals surface area contributed by atoms with E-state index in [1.807, 2.05) is 30.3 Å². The highest BCUT2D eigenvalue weighted by molar-refractivity contribution is 5.67. The van der Waals surface area contributed by atoms with Gasteiger partial charge >= 0.3 is 6.09 Å². The smallest absolute Gasteiger partial charge is 0.407 e. The molecular formula is C15H22N2O2. The van der Waals surface area contributed by atoms with Gasteiger partial charge in [-0.15, -0.1) is 0 Å². The van der Waals surface area contributed by atoms with Gasteiger partial charge in [-0.1, -0.05) is 30.3 Å². The molecule has 1 aromatic carbocycles. The fraction of sp³-hybridized carbons (Fsp3) is 0.533. The van der Waals surface area contributed by atoms with E-state index in [0.29, 0.717) is 12.6 Å². The molecule has 4 nitrogen and oxygen atoms in total. The number of rotatable bonds is 4. The largest absolute Gasteiger partial charge is 0.445 e. The van der Waals surface area contributed by atoms with Gasteiger partial charge in [0, 0.05) is 12.1 Å². The fourth-order valence-electron chi connectivity index (χ4n) is 2.64. The fourth-order valence-corrected chi connectivity index (χ4v) is 2.64. The summed E-state index contributed by atoms with van der Waals surface area (Å²) in [4.78, 5) is 14.0. The van der Waals surface area contributed by atoms with E-state index in [9.17, 15) is 4.79 Å². The number of likely N-dealkylation sites (N-methyl/N-ethyl adjacent to an activating group) is 1. The Hall–Kier alpha value is -1.55. The molecular weight excluding hydrogens is 240 g/mol. The number of nitrogens with one attached hydrogen (secondary N) is 1. The lowest BCUT2D eigenvalue weighted by Gasteiger charge is -2.26. The van der Waals surface area contributed by atoms with E-state index in [2.05, 4.69) is 24.3 Å². The van der Waals surface area contributed by atoms with Gasteiger partial charge in [0.1, 0.15) is 6.61 Å². The number of nitrogens with zero attached hydrogens (tertiary/aromatic N) is 1. The van der Waals surface area contributed by atoms with Crippen molar-refractivity contribution in [3.8, 4) is 0 Å². The Balaban J connectivity index is 1.78. The first kappa shape index (κ1) is 13.9. The third-order valence-electron chi connectivity index (χ3n) is 3.66. The number of ether oxygens (including phenoxy) is 1. The van der Waals surface area contributed by atoms with Crippen LogP contribution in [0.5, 0.6) is 0 Å².